The van der Waals surface area contributed by atoms with Crippen LogP contribution in [0.1, 0.15) is 6.92 Å². The highest BCUT2D eigenvalue weighted by molar-refractivity contribution is 14.1. The van der Waals surface area contributed by atoms with Crippen molar-refractivity contribution in [3.05, 3.63) is 21.9 Å². The van der Waals surface area contributed by atoms with Gasteiger partial charge >= 0.3 is 0 Å². The predicted molar refractivity (Wildman–Crippen MR) is 59.9 cm³/mol. The Bertz CT molecular complexity index is 230. The first-order chi connectivity index (χ1) is 5.63. The van der Waals surface area contributed by atoms with Gasteiger partial charge in [-0.1, -0.05) is 11.6 Å². The lowest BCUT2D eigenvalue weighted by Crippen LogP contribution is -2.23. The highest BCUT2D eigenvalue weighted by Crippen LogP contribution is 2.23. The van der Waals surface area contributed by atoms with Crippen molar-refractivity contribution >= 4 is 34.2 Å². The number of nitriles is 1. The van der Waals surface area contributed by atoms with Crippen LogP contribution < -0.4 is 0 Å². The highest BCUT2D eigenvalue weighted by atomic mass is 127. The maximum Gasteiger partial charge on any atom is 0.134 e. The third kappa shape index (κ3) is 3.98. The summed E-state index contributed by atoms with van der Waals surface area (Å²) in [4.78, 5) is 1.96. The van der Waals surface area contributed by atoms with Crippen molar-refractivity contribution in [3.63, 3.8) is 0 Å². The quantitative estimate of drug-likeness (QED) is 0.390. The second-order valence-electron chi connectivity index (χ2n) is 2.12. The fraction of sp³-hybridized carbons (Fsp3) is 0.375. The molecule has 0 aromatic carbocycles. The molecule has 0 aliphatic carbocycles. The molecular weight excluding hydrogens is 286 g/mol. The Morgan fingerprint density at radius 1 is 1.75 bits per heavy atom. The number of nitrogens with zero attached hydrogens (tertiary/aromatic N) is 2. The van der Waals surface area contributed by atoms with Crippen LogP contribution >= 0.6 is 34.2 Å². The lowest BCUT2D eigenvalue weighted by Gasteiger charge is -2.22. The molecule has 1 unspecified atom stereocenters. The molecule has 1 rings (SSSR count). The lowest BCUT2D eigenvalue weighted by atomic mass is 10.4. The number of hydrogen-bond donors (Lipinski definition) is 0. The van der Waals surface area contributed by atoms with Crippen molar-refractivity contribution in [1.82, 2.24) is 4.90 Å². The van der Waals surface area contributed by atoms with E-state index >= 15 is 0 Å². The van der Waals surface area contributed by atoms with Gasteiger partial charge in [0.25, 0.3) is 0 Å². The van der Waals surface area contributed by atoms with Gasteiger partial charge in [-0.3, -0.25) is 0 Å². The van der Waals surface area contributed by atoms with Crippen LogP contribution in [0.25, 0.3) is 0 Å². The topological polar surface area (TPSA) is 27.0 Å². The third-order valence-electron chi connectivity index (χ3n) is 1.16. The molecule has 0 fully saturated rings. The zero-order valence-corrected chi connectivity index (χ0v) is 9.87. The van der Waals surface area contributed by atoms with Gasteiger partial charge < -0.3 is 4.90 Å². The molecular formula is C8H10ClIN2. The number of alkyl halides is 1. The molecule has 12 heavy (non-hydrogen) atoms. The molecule has 0 bridgehead atoms. The average molecular weight is 297 g/mol. The lowest BCUT2D eigenvalue weighted by molar-refractivity contribution is 0.465. The largest absolute Gasteiger partial charge is 0.360 e. The summed E-state index contributed by atoms with van der Waals surface area (Å²) >= 11 is 8.15. The molecule has 0 N–H and O–H groups in total. The van der Waals surface area contributed by atoms with Gasteiger partial charge in [-0.2, -0.15) is 5.26 Å². The monoisotopic (exact) mass is 296 g/mol. The maximum absolute atomic E-state index is 7.32. The summed E-state index contributed by atoms with van der Waals surface area (Å²) in [6.45, 7) is 1.43. The molecule has 1 aliphatic rings. The van der Waals surface area contributed by atoms with Gasteiger partial charge in [0.1, 0.15) is 5.50 Å². The predicted octanol–water partition coefficient (Wildman–Crippen LogP) is 2.86. The first-order valence-corrected chi connectivity index (χ1v) is 4.85. The molecule has 1 aliphatic heterocycles. The molecule has 0 saturated heterocycles. The van der Waals surface area contributed by atoms with Crippen molar-refractivity contribution < 1.29 is 0 Å². The Balaban J connectivity index is 0.000000354. The number of allylic oxidation sites excluding steroid dienone is 2. The standard InChI is InChI=1S/C6H7ClIN.C2H3N/c1-9-4-2-3-5(8)6(9)7;1-2-3/h2-4,6H,1H3;1H3. The van der Waals surface area contributed by atoms with E-state index in [0.717, 1.165) is 0 Å². The molecule has 0 saturated carbocycles. The van der Waals surface area contributed by atoms with Gasteiger partial charge in [0.05, 0.1) is 6.07 Å². The Morgan fingerprint density at radius 2 is 2.25 bits per heavy atom. The first kappa shape index (κ1) is 11.8. The summed E-state index contributed by atoms with van der Waals surface area (Å²) in [5.41, 5.74) is 0.0376. The summed E-state index contributed by atoms with van der Waals surface area (Å²) in [5, 5.41) is 7.32. The SMILES string of the molecule is CC#N.CN1C=CC=C(I)C1Cl. The molecule has 4 heteroatoms. The fourth-order valence-electron chi connectivity index (χ4n) is 0.620. The Labute approximate surface area is 91.6 Å². The van der Waals surface area contributed by atoms with Crippen molar-refractivity contribution in [3.8, 4) is 6.07 Å². The van der Waals surface area contributed by atoms with Gasteiger partial charge in [0, 0.05) is 23.8 Å². The number of hydrogen-bond acceptors (Lipinski definition) is 2. The first-order valence-electron chi connectivity index (χ1n) is 3.34. The second-order valence-corrected chi connectivity index (χ2v) is 3.78. The maximum atomic E-state index is 7.32. The van der Waals surface area contributed by atoms with Crippen LogP contribution in [0.15, 0.2) is 21.9 Å². The average Bonchev–Trinajstić information content (AvgIpc) is 2.02. The normalized spacial score (nSPS) is 20.4. The van der Waals surface area contributed by atoms with Crippen LogP contribution in [0, 0.1) is 11.3 Å². The van der Waals surface area contributed by atoms with E-state index < -0.39 is 0 Å². The van der Waals surface area contributed by atoms with E-state index in [1.807, 2.05) is 30.3 Å². The van der Waals surface area contributed by atoms with Crippen molar-refractivity contribution in [1.29, 1.82) is 5.26 Å². The highest BCUT2D eigenvalue weighted by Gasteiger charge is 2.12. The summed E-state index contributed by atoms with van der Waals surface area (Å²) in [5.74, 6) is 0. The second kappa shape index (κ2) is 6.32. The minimum absolute atomic E-state index is 0.0376. The van der Waals surface area contributed by atoms with E-state index in [1.165, 1.54) is 10.5 Å². The Kier molecular flexibility index (Phi) is 6.21. The molecule has 66 valence electrons. The molecule has 0 aromatic rings. The number of likely N-dealkylation sites (N-methyl/N-ethyl adjacent to an activating group) is 1. The van der Waals surface area contributed by atoms with E-state index in [9.17, 15) is 0 Å². The van der Waals surface area contributed by atoms with E-state index in [2.05, 4.69) is 22.6 Å². The molecule has 0 radical (unpaired) electrons. The number of halogens is 2. The van der Waals surface area contributed by atoms with E-state index in [4.69, 9.17) is 16.9 Å². The molecule has 2 nitrogen and oxygen atoms in total. The Morgan fingerprint density at radius 3 is 2.58 bits per heavy atom. The smallest absolute Gasteiger partial charge is 0.134 e. The molecule has 0 aromatic heterocycles. The van der Waals surface area contributed by atoms with Gasteiger partial charge in [-0.15, -0.1) is 0 Å². The van der Waals surface area contributed by atoms with Gasteiger partial charge in [0.2, 0.25) is 0 Å². The van der Waals surface area contributed by atoms with Crippen molar-refractivity contribution in [2.45, 2.75) is 12.4 Å². The summed E-state index contributed by atoms with van der Waals surface area (Å²) in [6.07, 6.45) is 5.96. The molecule has 1 heterocycles. The van der Waals surface area contributed by atoms with Crippen LogP contribution in [0.4, 0.5) is 0 Å². The van der Waals surface area contributed by atoms with Crippen LogP contribution in [0.3, 0.4) is 0 Å². The Hall–Kier alpha value is -0.210. The summed E-state index contributed by atoms with van der Waals surface area (Å²) in [6, 6.07) is 1.75. The molecule has 0 spiro atoms. The van der Waals surface area contributed by atoms with E-state index in [0.29, 0.717) is 0 Å². The van der Waals surface area contributed by atoms with Gasteiger partial charge in [-0.25, -0.2) is 0 Å². The van der Waals surface area contributed by atoms with Gasteiger partial charge in [-0.05, 0) is 34.7 Å². The van der Waals surface area contributed by atoms with Gasteiger partial charge in [0.15, 0.2) is 0 Å². The third-order valence-corrected chi connectivity index (χ3v) is 3.02. The summed E-state index contributed by atoms with van der Waals surface area (Å²) < 4.78 is 1.17. The zero-order chi connectivity index (χ0) is 9.56. The minimum Gasteiger partial charge on any atom is -0.360 e. The molecule has 0 amide bonds. The fourth-order valence-corrected chi connectivity index (χ4v) is 1.40. The van der Waals surface area contributed by atoms with Crippen LogP contribution in [0.2, 0.25) is 0 Å². The van der Waals surface area contributed by atoms with E-state index in [1.54, 1.807) is 6.07 Å². The summed E-state index contributed by atoms with van der Waals surface area (Å²) in [7, 11) is 1.96. The van der Waals surface area contributed by atoms with Crippen molar-refractivity contribution in [2.24, 2.45) is 0 Å². The number of rotatable bonds is 0. The van der Waals surface area contributed by atoms with Crippen LogP contribution in [-0.2, 0) is 0 Å². The van der Waals surface area contributed by atoms with Crippen LogP contribution in [-0.4, -0.2) is 17.4 Å². The van der Waals surface area contributed by atoms with Crippen molar-refractivity contribution in [2.75, 3.05) is 7.05 Å². The molecule has 1 atom stereocenters. The van der Waals surface area contributed by atoms with E-state index in [-0.39, 0.29) is 5.50 Å². The zero-order valence-electron chi connectivity index (χ0n) is 6.96. The van der Waals surface area contributed by atoms with Crippen LogP contribution in [0.5, 0.6) is 0 Å². The minimum atomic E-state index is 0.0376.